The number of imidazole rings is 1. The van der Waals surface area contributed by atoms with Crippen LogP contribution in [0.15, 0.2) is 47.4 Å². The maximum Gasteiger partial charge on any atom is 0.422 e. The molecule has 1 aromatic heterocycles. The molecule has 1 amide bonds. The predicted octanol–water partition coefficient (Wildman–Crippen LogP) is 3.28. The summed E-state index contributed by atoms with van der Waals surface area (Å²) in [5.41, 5.74) is 1.96. The van der Waals surface area contributed by atoms with Crippen molar-refractivity contribution in [2.45, 2.75) is 50.3 Å². The number of carbonyl (C=O) groups excluding carboxylic acids is 1. The predicted molar refractivity (Wildman–Crippen MR) is 120 cm³/mol. The van der Waals surface area contributed by atoms with Crippen molar-refractivity contribution in [1.82, 2.24) is 14.9 Å². The van der Waals surface area contributed by atoms with Crippen molar-refractivity contribution in [2.75, 3.05) is 6.61 Å². The van der Waals surface area contributed by atoms with E-state index in [4.69, 9.17) is 5.14 Å². The van der Waals surface area contributed by atoms with Gasteiger partial charge in [-0.3, -0.25) is 4.79 Å². The first-order valence-electron chi connectivity index (χ1n) is 10.5. The summed E-state index contributed by atoms with van der Waals surface area (Å²) in [5.74, 6) is 0.523. The van der Waals surface area contributed by atoms with Gasteiger partial charge in [0.05, 0.1) is 15.9 Å². The van der Waals surface area contributed by atoms with Crippen LogP contribution >= 0.6 is 0 Å². The molecule has 0 saturated heterocycles. The summed E-state index contributed by atoms with van der Waals surface area (Å²) in [4.78, 5) is 16.8. The summed E-state index contributed by atoms with van der Waals surface area (Å²) in [6.07, 6.45) is -3.09. The van der Waals surface area contributed by atoms with Gasteiger partial charge in [0.25, 0.3) is 0 Å². The second-order valence-corrected chi connectivity index (χ2v) is 9.26. The molecule has 0 aliphatic heterocycles. The average Bonchev–Trinajstić information content (AvgIpc) is 3.11. The molecule has 2 aromatic carbocycles. The number of hydrogen-bond donors (Lipinski definition) is 2. The number of fused-ring (bicyclic) bond motifs is 1. The maximum atomic E-state index is 12.3. The number of primary sulfonamides is 1. The highest BCUT2D eigenvalue weighted by atomic mass is 32.2. The maximum absolute atomic E-state index is 12.3. The number of aryl methyl sites for hydroxylation is 2. The Balaban J connectivity index is 1.59. The van der Waals surface area contributed by atoms with Crippen molar-refractivity contribution >= 4 is 27.0 Å². The number of aromatic nitrogens is 2. The fraction of sp³-hybridized carbons (Fsp3) is 0.364. The van der Waals surface area contributed by atoms with E-state index < -0.39 is 22.8 Å². The first-order valence-corrected chi connectivity index (χ1v) is 12.1. The Morgan fingerprint density at radius 3 is 2.50 bits per heavy atom. The van der Waals surface area contributed by atoms with Crippen LogP contribution in [-0.4, -0.2) is 36.7 Å². The Hall–Kier alpha value is -3.12. The van der Waals surface area contributed by atoms with Crippen LogP contribution in [0.5, 0.6) is 5.75 Å². The van der Waals surface area contributed by atoms with E-state index in [0.717, 1.165) is 11.9 Å². The van der Waals surface area contributed by atoms with Gasteiger partial charge in [0.2, 0.25) is 15.9 Å². The zero-order valence-electron chi connectivity index (χ0n) is 18.4. The van der Waals surface area contributed by atoms with Gasteiger partial charge in [0.1, 0.15) is 11.6 Å². The van der Waals surface area contributed by atoms with Crippen molar-refractivity contribution in [2.24, 2.45) is 5.14 Å². The molecule has 3 rings (SSSR count). The lowest BCUT2D eigenvalue weighted by Gasteiger charge is -2.10. The number of nitrogens with one attached hydrogen (secondary N) is 1. The van der Waals surface area contributed by atoms with Crippen molar-refractivity contribution < 1.29 is 31.1 Å². The summed E-state index contributed by atoms with van der Waals surface area (Å²) in [6, 6.07) is 10.5. The lowest BCUT2D eigenvalue weighted by atomic mass is 10.2. The van der Waals surface area contributed by atoms with E-state index in [1.54, 1.807) is 18.2 Å². The van der Waals surface area contributed by atoms with Crippen LogP contribution in [0.2, 0.25) is 0 Å². The number of halogens is 3. The smallest absolute Gasteiger partial charge is 0.422 e. The summed E-state index contributed by atoms with van der Waals surface area (Å²) in [7, 11) is -3.85. The summed E-state index contributed by atoms with van der Waals surface area (Å²) < 4.78 is 66.5. The number of rotatable bonds is 10. The minimum Gasteiger partial charge on any atom is -0.484 e. The third-order valence-electron chi connectivity index (χ3n) is 4.97. The van der Waals surface area contributed by atoms with Gasteiger partial charge in [-0.05, 0) is 42.3 Å². The molecule has 0 spiro atoms. The topological polar surface area (TPSA) is 116 Å². The van der Waals surface area contributed by atoms with Gasteiger partial charge in [0.15, 0.2) is 6.61 Å². The lowest BCUT2D eigenvalue weighted by Crippen LogP contribution is -2.23. The Labute approximate surface area is 195 Å². The van der Waals surface area contributed by atoms with Gasteiger partial charge in [-0.2, -0.15) is 13.2 Å². The van der Waals surface area contributed by atoms with Crippen LogP contribution in [0.3, 0.4) is 0 Å². The fourth-order valence-electron chi connectivity index (χ4n) is 3.38. The van der Waals surface area contributed by atoms with Crippen LogP contribution in [0.25, 0.3) is 11.0 Å². The number of carbonyl (C=O) groups is 1. The zero-order chi connectivity index (χ0) is 24.9. The van der Waals surface area contributed by atoms with Crippen LogP contribution in [0, 0.1) is 0 Å². The van der Waals surface area contributed by atoms with Gasteiger partial charge < -0.3 is 14.6 Å². The number of ether oxygens (including phenoxy) is 1. The molecule has 0 saturated carbocycles. The highest BCUT2D eigenvalue weighted by Crippen LogP contribution is 2.22. The normalized spacial score (nSPS) is 12.1. The van der Waals surface area contributed by atoms with Crippen LogP contribution in [0.4, 0.5) is 13.2 Å². The monoisotopic (exact) mass is 498 g/mol. The van der Waals surface area contributed by atoms with Gasteiger partial charge in [-0.15, -0.1) is 0 Å². The van der Waals surface area contributed by atoms with Gasteiger partial charge in [-0.1, -0.05) is 19.1 Å². The number of hydrogen-bond acceptors (Lipinski definition) is 5. The van der Waals surface area contributed by atoms with Gasteiger partial charge in [0, 0.05) is 25.9 Å². The molecule has 0 atom stereocenters. The summed E-state index contributed by atoms with van der Waals surface area (Å²) >= 11 is 0. The van der Waals surface area contributed by atoms with E-state index in [9.17, 15) is 26.4 Å². The molecule has 3 aromatic rings. The Morgan fingerprint density at radius 2 is 1.88 bits per heavy atom. The van der Waals surface area contributed by atoms with Gasteiger partial charge in [-0.25, -0.2) is 18.5 Å². The molecule has 3 N–H and O–H groups in total. The molecule has 0 bridgehead atoms. The quantitative estimate of drug-likeness (QED) is 0.445. The average molecular weight is 499 g/mol. The number of nitrogens with zero attached hydrogens (tertiary/aromatic N) is 2. The van der Waals surface area contributed by atoms with Crippen molar-refractivity contribution in [1.29, 1.82) is 0 Å². The molecule has 1 heterocycles. The molecule has 8 nitrogen and oxygen atoms in total. The molecule has 0 aliphatic rings. The summed E-state index contributed by atoms with van der Waals surface area (Å²) in [5, 5.41) is 7.97. The van der Waals surface area contributed by atoms with E-state index in [2.05, 4.69) is 15.0 Å². The second kappa shape index (κ2) is 10.4. The first-order chi connectivity index (χ1) is 16.0. The number of amides is 1. The molecule has 12 heteroatoms. The number of benzene rings is 2. The lowest BCUT2D eigenvalue weighted by molar-refractivity contribution is -0.153. The van der Waals surface area contributed by atoms with Crippen molar-refractivity contribution in [3.8, 4) is 5.75 Å². The van der Waals surface area contributed by atoms with Crippen LogP contribution < -0.4 is 15.2 Å². The molecular weight excluding hydrogens is 473 g/mol. The highest BCUT2D eigenvalue weighted by molar-refractivity contribution is 7.89. The zero-order valence-corrected chi connectivity index (χ0v) is 19.2. The number of nitrogens with two attached hydrogens (primary N) is 1. The standard InChI is InChI=1S/C22H25F3N4O4S/c1-2-11-29-19-8-7-17(34(26,31)32)12-18(19)28-20(29)9-10-21(30)27-13-15-3-5-16(6-4-15)33-14-22(23,24)25/h3-8,12H,2,9-11,13-14H2,1H3,(H,27,30)(H2,26,31,32). The van der Waals surface area contributed by atoms with E-state index in [1.165, 1.54) is 24.3 Å². The van der Waals surface area contributed by atoms with Crippen LogP contribution in [0.1, 0.15) is 31.2 Å². The molecule has 0 radical (unpaired) electrons. The molecular formula is C22H25F3N4O4S. The third kappa shape index (κ3) is 6.94. The van der Waals surface area contributed by atoms with E-state index >= 15 is 0 Å². The fourth-order valence-corrected chi connectivity index (χ4v) is 3.92. The minimum absolute atomic E-state index is 0.0275. The minimum atomic E-state index is -4.41. The SMILES string of the molecule is CCCn1c(CCC(=O)NCc2ccc(OCC(F)(F)F)cc2)nc2cc(S(N)(=O)=O)ccc21. The van der Waals surface area contributed by atoms with Gasteiger partial charge >= 0.3 is 6.18 Å². The van der Waals surface area contributed by atoms with Crippen molar-refractivity contribution in [3.63, 3.8) is 0 Å². The Kier molecular flexibility index (Phi) is 7.82. The third-order valence-corrected chi connectivity index (χ3v) is 5.88. The van der Waals surface area contributed by atoms with E-state index in [0.29, 0.717) is 29.9 Å². The number of sulfonamides is 1. The van der Waals surface area contributed by atoms with E-state index in [1.807, 2.05) is 11.5 Å². The molecule has 0 unspecified atom stereocenters. The van der Waals surface area contributed by atoms with Crippen LogP contribution in [-0.2, 0) is 34.3 Å². The van der Waals surface area contributed by atoms with E-state index in [-0.39, 0.29) is 29.5 Å². The molecule has 0 aliphatic carbocycles. The molecule has 0 fully saturated rings. The summed E-state index contributed by atoms with van der Waals surface area (Å²) in [6.45, 7) is 1.50. The molecule has 184 valence electrons. The largest absolute Gasteiger partial charge is 0.484 e. The highest BCUT2D eigenvalue weighted by Gasteiger charge is 2.28. The first kappa shape index (κ1) is 25.5. The molecule has 34 heavy (non-hydrogen) atoms. The number of alkyl halides is 3. The second-order valence-electron chi connectivity index (χ2n) is 7.70. The Bertz CT molecular complexity index is 1260. The Morgan fingerprint density at radius 1 is 1.18 bits per heavy atom. The van der Waals surface area contributed by atoms with Crippen molar-refractivity contribution in [3.05, 3.63) is 53.9 Å².